The molecule has 0 bridgehead atoms. The minimum atomic E-state index is -0.833. The molecule has 9 nitrogen and oxygen atoms in total. The summed E-state index contributed by atoms with van der Waals surface area (Å²) in [7, 11) is 0. The average molecular weight is 280 g/mol. The van der Waals surface area contributed by atoms with Crippen LogP contribution in [0.15, 0.2) is 0 Å². The van der Waals surface area contributed by atoms with Gasteiger partial charge < -0.3 is 29.5 Å². The summed E-state index contributed by atoms with van der Waals surface area (Å²) in [5.74, 6) is -0.333. The van der Waals surface area contributed by atoms with Gasteiger partial charge in [0.25, 0.3) is 0 Å². The summed E-state index contributed by atoms with van der Waals surface area (Å²) in [5, 5.41) is 5.40. The van der Waals surface area contributed by atoms with Crippen LogP contribution >= 0.6 is 0 Å². The van der Waals surface area contributed by atoms with Crippen LogP contribution in [0.2, 0.25) is 0 Å². The molecule has 0 aromatic carbocycles. The predicted octanol–water partition coefficient (Wildman–Crippen LogP) is 1.08. The molecule has 0 aromatic heterocycles. The third kappa shape index (κ3) is 1980000. The molecule has 2 saturated carbocycles. The van der Waals surface area contributed by atoms with Crippen LogP contribution in [-0.4, -0.2) is 18.0 Å². The molecule has 0 saturated heterocycles. The highest BCUT2D eigenvalue weighted by Gasteiger charge is 1.95. The number of primary amides is 3. The van der Waals surface area contributed by atoms with Crippen LogP contribution in [-0.2, 0) is 9.59 Å². The zero-order valence-corrected chi connectivity index (χ0v) is 11.6. The SMILES string of the molecule is C1CC1.C1CC1.CC(N)=O.N.N.N=C=O.NC(N)=O. The van der Waals surface area contributed by atoms with E-state index in [2.05, 4.69) is 17.2 Å². The van der Waals surface area contributed by atoms with Crippen molar-refractivity contribution in [2.45, 2.75) is 45.4 Å². The molecule has 0 atom stereocenters. The summed E-state index contributed by atoms with van der Waals surface area (Å²) in [6.07, 6.45) is 9.75. The lowest BCUT2D eigenvalue weighted by atomic mass is 10.8. The molecule has 116 valence electrons. The van der Waals surface area contributed by atoms with E-state index in [4.69, 9.17) is 15.0 Å². The Kier molecular flexibility index (Phi) is 47.4. The van der Waals surface area contributed by atoms with Gasteiger partial charge in [0.2, 0.25) is 12.0 Å². The van der Waals surface area contributed by atoms with Crippen molar-refractivity contribution in [2.75, 3.05) is 0 Å². The first-order valence-corrected chi connectivity index (χ1v) is 5.23. The van der Waals surface area contributed by atoms with E-state index >= 15 is 0 Å². The van der Waals surface area contributed by atoms with Crippen molar-refractivity contribution in [1.29, 1.82) is 5.41 Å². The van der Waals surface area contributed by atoms with Gasteiger partial charge in [-0.1, -0.05) is 38.5 Å². The summed E-state index contributed by atoms with van der Waals surface area (Å²) in [5.41, 5.74) is 13.0. The molecular formula is C10H28N6O3. The number of carbonyl (C=O) groups is 2. The molecule has 2 aliphatic carbocycles. The van der Waals surface area contributed by atoms with Crippen molar-refractivity contribution in [3.8, 4) is 0 Å². The zero-order chi connectivity index (χ0) is 14.1. The highest BCUT2D eigenvalue weighted by molar-refractivity contribution is 5.70. The largest absolute Gasteiger partial charge is 0.370 e. The second-order valence-corrected chi connectivity index (χ2v) is 3.24. The van der Waals surface area contributed by atoms with Crippen LogP contribution in [0.5, 0.6) is 0 Å². The van der Waals surface area contributed by atoms with Crippen LogP contribution in [0, 0.1) is 5.41 Å². The van der Waals surface area contributed by atoms with E-state index in [-0.39, 0.29) is 18.2 Å². The van der Waals surface area contributed by atoms with Crippen molar-refractivity contribution in [2.24, 2.45) is 17.2 Å². The van der Waals surface area contributed by atoms with Gasteiger partial charge in [0.05, 0.1) is 0 Å². The number of carbonyl (C=O) groups excluding carboxylic acids is 3. The van der Waals surface area contributed by atoms with E-state index < -0.39 is 6.03 Å². The van der Waals surface area contributed by atoms with Crippen molar-refractivity contribution in [3.63, 3.8) is 0 Å². The number of amides is 3. The number of hydrogen-bond acceptors (Lipinski definition) is 6. The van der Waals surface area contributed by atoms with Crippen LogP contribution < -0.4 is 29.5 Å². The van der Waals surface area contributed by atoms with Gasteiger partial charge in [-0.3, -0.25) is 4.79 Å². The third-order valence-corrected chi connectivity index (χ3v) is 0.707. The predicted molar refractivity (Wildman–Crippen MR) is 74.8 cm³/mol. The Balaban J connectivity index is -0.0000000420. The topological polar surface area (TPSA) is 223 Å². The summed E-state index contributed by atoms with van der Waals surface area (Å²) < 4.78 is 0. The first-order chi connectivity index (χ1) is 7.88. The normalized spacial score (nSPS) is 10.6. The van der Waals surface area contributed by atoms with Gasteiger partial charge in [-0.15, -0.1) is 0 Å². The van der Waals surface area contributed by atoms with Crippen LogP contribution in [0.25, 0.3) is 0 Å². The van der Waals surface area contributed by atoms with Gasteiger partial charge >= 0.3 is 6.03 Å². The first-order valence-electron chi connectivity index (χ1n) is 5.23. The van der Waals surface area contributed by atoms with Crippen LogP contribution in [0.1, 0.15) is 45.4 Å². The quantitative estimate of drug-likeness (QED) is 0.282. The summed E-state index contributed by atoms with van der Waals surface area (Å²) in [4.78, 5) is 26.6. The van der Waals surface area contributed by atoms with Gasteiger partial charge in [0.1, 0.15) is 0 Å². The fraction of sp³-hybridized carbons (Fsp3) is 0.700. The third-order valence-electron chi connectivity index (χ3n) is 0.707. The average Bonchev–Trinajstić information content (AvgIpc) is 3.00. The molecule has 0 heterocycles. The minimum absolute atomic E-state index is 0. The number of hydrogen-bond donors (Lipinski definition) is 6. The second kappa shape index (κ2) is 29.8. The number of isocyanates is 1. The standard InChI is InChI=1S/2C3H6.C2H5NO.CH4N2O.CHNO.2H3N/c2*1-2-3-1;1-2(3)4;2-1(3)4;2-1-3;;/h2*1-3H2;1H3,(H2,3,4);(H4,2,3,4);2H;2*1H3. The maximum atomic E-state index is 9.22. The van der Waals surface area contributed by atoms with Crippen LogP contribution in [0.4, 0.5) is 4.79 Å². The smallest absolute Gasteiger partial charge is 0.309 e. The molecule has 0 spiro atoms. The fourth-order valence-electron chi connectivity index (χ4n) is 0. The minimum Gasteiger partial charge on any atom is -0.370 e. The Morgan fingerprint density at radius 2 is 0.947 bits per heavy atom. The molecule has 9 heteroatoms. The maximum Gasteiger partial charge on any atom is 0.309 e. The second-order valence-electron chi connectivity index (χ2n) is 3.24. The summed E-state index contributed by atoms with van der Waals surface area (Å²) in [6.45, 7) is 1.31. The van der Waals surface area contributed by atoms with Crippen molar-refractivity contribution in [3.05, 3.63) is 0 Å². The Morgan fingerprint density at radius 3 is 0.947 bits per heavy atom. The molecule has 13 N–H and O–H groups in total. The molecule has 2 aliphatic rings. The molecule has 0 aromatic rings. The molecule has 0 unspecified atom stereocenters. The molecule has 3 amide bonds. The van der Waals surface area contributed by atoms with Gasteiger partial charge in [0, 0.05) is 6.92 Å². The van der Waals surface area contributed by atoms with Crippen molar-refractivity contribution >= 4 is 18.0 Å². The molecule has 0 aliphatic heterocycles. The molecule has 2 rings (SSSR count). The Morgan fingerprint density at radius 1 is 0.895 bits per heavy atom. The molecular weight excluding hydrogens is 252 g/mol. The number of nitrogens with one attached hydrogen (secondary N) is 1. The Bertz CT molecular complexity index is 194. The first kappa shape index (κ1) is 30.2. The summed E-state index contributed by atoms with van der Waals surface area (Å²) >= 11 is 0. The monoisotopic (exact) mass is 280 g/mol. The molecule has 19 heavy (non-hydrogen) atoms. The van der Waals surface area contributed by atoms with Gasteiger partial charge in [-0.2, -0.15) is 0 Å². The number of nitrogens with two attached hydrogens (primary N) is 3. The highest BCUT2D eigenvalue weighted by Crippen LogP contribution is 2.15. The lowest BCUT2D eigenvalue weighted by Gasteiger charge is -1.62. The Hall–Kier alpha value is -1.96. The Labute approximate surface area is 113 Å². The van der Waals surface area contributed by atoms with Gasteiger partial charge in [0.15, 0.2) is 0 Å². The highest BCUT2D eigenvalue weighted by atomic mass is 16.2. The van der Waals surface area contributed by atoms with E-state index in [9.17, 15) is 4.79 Å². The maximum absolute atomic E-state index is 9.22. The van der Waals surface area contributed by atoms with E-state index in [1.54, 1.807) is 0 Å². The van der Waals surface area contributed by atoms with Gasteiger partial charge in [-0.25, -0.2) is 15.0 Å². The summed E-state index contributed by atoms with van der Waals surface area (Å²) in [6, 6.07) is -0.833. The molecule has 2 fully saturated rings. The zero-order valence-electron chi connectivity index (χ0n) is 11.6. The van der Waals surface area contributed by atoms with E-state index in [0.29, 0.717) is 0 Å². The van der Waals surface area contributed by atoms with Crippen molar-refractivity contribution in [1.82, 2.24) is 12.3 Å². The lowest BCUT2D eigenvalue weighted by molar-refractivity contribution is -0.115. The van der Waals surface area contributed by atoms with Crippen molar-refractivity contribution < 1.29 is 14.4 Å². The van der Waals surface area contributed by atoms with Crippen LogP contribution in [0.3, 0.4) is 0 Å². The van der Waals surface area contributed by atoms with E-state index in [0.717, 1.165) is 6.08 Å². The number of rotatable bonds is 0. The van der Waals surface area contributed by atoms with Gasteiger partial charge in [-0.05, 0) is 0 Å². The fourth-order valence-corrected chi connectivity index (χ4v) is 0. The molecule has 0 radical (unpaired) electrons. The lowest BCUT2D eigenvalue weighted by Crippen LogP contribution is -2.18. The van der Waals surface area contributed by atoms with E-state index in [1.807, 2.05) is 0 Å². The van der Waals surface area contributed by atoms with E-state index in [1.165, 1.54) is 45.4 Å². The number of urea groups is 1.